The van der Waals surface area contributed by atoms with E-state index < -0.39 is 5.97 Å². The van der Waals surface area contributed by atoms with Gasteiger partial charge in [0.05, 0.1) is 29.6 Å². The molecule has 2 aromatic rings. The molecule has 19 heavy (non-hydrogen) atoms. The fraction of sp³-hybridized carbons (Fsp3) is 0.154. The van der Waals surface area contributed by atoms with Crippen LogP contribution in [0, 0.1) is 0 Å². The van der Waals surface area contributed by atoms with Gasteiger partial charge >= 0.3 is 5.97 Å². The second-order valence-electron chi connectivity index (χ2n) is 4.34. The van der Waals surface area contributed by atoms with Crippen LogP contribution in [0.3, 0.4) is 0 Å². The van der Waals surface area contributed by atoms with Crippen molar-refractivity contribution in [2.45, 2.75) is 0 Å². The molecule has 0 saturated heterocycles. The molecule has 96 valence electrons. The van der Waals surface area contributed by atoms with Crippen molar-refractivity contribution in [1.29, 1.82) is 0 Å². The van der Waals surface area contributed by atoms with Gasteiger partial charge in [-0.05, 0) is 6.07 Å². The Bertz CT molecular complexity index is 684. The summed E-state index contributed by atoms with van der Waals surface area (Å²) in [6.45, 7) is -0.179. The summed E-state index contributed by atoms with van der Waals surface area (Å²) < 4.78 is 0. The van der Waals surface area contributed by atoms with Crippen molar-refractivity contribution in [3.05, 3.63) is 30.5 Å². The van der Waals surface area contributed by atoms with Crippen LogP contribution in [0.15, 0.2) is 30.5 Å². The van der Waals surface area contributed by atoms with Crippen molar-refractivity contribution >= 4 is 34.2 Å². The Morgan fingerprint density at radius 3 is 3.00 bits per heavy atom. The van der Waals surface area contributed by atoms with E-state index in [-0.39, 0.29) is 19.0 Å². The van der Waals surface area contributed by atoms with Gasteiger partial charge in [-0.1, -0.05) is 18.2 Å². The van der Waals surface area contributed by atoms with E-state index in [0.717, 1.165) is 10.9 Å². The SMILES string of the molecule is O=C(O)CN1CC(=O)Nc2cnc3ccccc3c21. The molecule has 0 saturated carbocycles. The Morgan fingerprint density at radius 2 is 2.21 bits per heavy atom. The molecule has 0 fully saturated rings. The van der Waals surface area contributed by atoms with E-state index in [0.29, 0.717) is 11.4 Å². The Labute approximate surface area is 108 Å². The minimum atomic E-state index is -0.971. The standard InChI is InChI=1S/C13H11N3O3/c17-11-6-16(7-12(18)19)13-8-3-1-2-4-9(8)14-5-10(13)15-11/h1-5H,6-7H2,(H,15,17)(H,18,19). The summed E-state index contributed by atoms with van der Waals surface area (Å²) >= 11 is 0. The summed E-state index contributed by atoms with van der Waals surface area (Å²) in [5.74, 6) is -1.20. The number of carboxylic acids is 1. The number of rotatable bonds is 2. The average Bonchev–Trinajstić information content (AvgIpc) is 2.37. The van der Waals surface area contributed by atoms with E-state index in [1.165, 1.54) is 0 Å². The van der Waals surface area contributed by atoms with Gasteiger partial charge in [-0.25, -0.2) is 0 Å². The largest absolute Gasteiger partial charge is 0.480 e. The number of carbonyl (C=O) groups is 2. The van der Waals surface area contributed by atoms with E-state index in [2.05, 4.69) is 10.3 Å². The summed E-state index contributed by atoms with van der Waals surface area (Å²) in [5.41, 5.74) is 2.04. The number of aliphatic carboxylic acids is 1. The quantitative estimate of drug-likeness (QED) is 0.841. The number of nitrogens with zero attached hydrogens (tertiary/aromatic N) is 2. The third-order valence-corrected chi connectivity index (χ3v) is 3.00. The summed E-state index contributed by atoms with van der Waals surface area (Å²) in [6.07, 6.45) is 1.56. The summed E-state index contributed by atoms with van der Waals surface area (Å²) in [7, 11) is 0. The van der Waals surface area contributed by atoms with Crippen molar-refractivity contribution in [1.82, 2.24) is 4.98 Å². The van der Waals surface area contributed by atoms with E-state index >= 15 is 0 Å². The summed E-state index contributed by atoms with van der Waals surface area (Å²) in [4.78, 5) is 28.3. The first-order chi connectivity index (χ1) is 9.15. The lowest BCUT2D eigenvalue weighted by atomic mass is 10.1. The molecule has 0 atom stereocenters. The van der Waals surface area contributed by atoms with Gasteiger partial charge in [0.1, 0.15) is 6.54 Å². The Balaban J connectivity index is 2.21. The van der Waals surface area contributed by atoms with Gasteiger partial charge in [0, 0.05) is 5.39 Å². The zero-order valence-corrected chi connectivity index (χ0v) is 9.96. The molecule has 2 heterocycles. The average molecular weight is 257 g/mol. The number of hydrogen-bond acceptors (Lipinski definition) is 4. The van der Waals surface area contributed by atoms with E-state index in [1.54, 1.807) is 11.1 Å². The predicted molar refractivity (Wildman–Crippen MR) is 70.2 cm³/mol. The van der Waals surface area contributed by atoms with Crippen molar-refractivity contribution in [2.75, 3.05) is 23.3 Å². The van der Waals surface area contributed by atoms with Crippen molar-refractivity contribution in [3.63, 3.8) is 0 Å². The smallest absolute Gasteiger partial charge is 0.323 e. The van der Waals surface area contributed by atoms with Crippen LogP contribution in [0.1, 0.15) is 0 Å². The van der Waals surface area contributed by atoms with Gasteiger partial charge in [0.15, 0.2) is 0 Å². The lowest BCUT2D eigenvalue weighted by molar-refractivity contribution is -0.135. The molecule has 0 aliphatic carbocycles. The van der Waals surface area contributed by atoms with E-state index in [9.17, 15) is 9.59 Å². The zero-order valence-electron chi connectivity index (χ0n) is 9.96. The van der Waals surface area contributed by atoms with Gasteiger partial charge in [0.2, 0.25) is 5.91 Å². The number of benzene rings is 1. The number of hydrogen-bond donors (Lipinski definition) is 2. The van der Waals surface area contributed by atoms with Crippen LogP contribution in [-0.4, -0.2) is 35.1 Å². The fourth-order valence-corrected chi connectivity index (χ4v) is 2.30. The molecule has 0 unspecified atom stereocenters. The molecular weight excluding hydrogens is 246 g/mol. The molecular formula is C13H11N3O3. The molecule has 0 bridgehead atoms. The van der Waals surface area contributed by atoms with Crippen LogP contribution in [0.2, 0.25) is 0 Å². The molecule has 1 aliphatic rings. The summed E-state index contributed by atoms with van der Waals surface area (Å²) in [6, 6.07) is 7.45. The maximum absolute atomic E-state index is 11.6. The minimum absolute atomic E-state index is 0.0350. The minimum Gasteiger partial charge on any atom is -0.480 e. The number of nitrogens with one attached hydrogen (secondary N) is 1. The molecule has 1 aromatic carbocycles. The first kappa shape index (κ1) is 11.5. The number of para-hydroxylation sites is 1. The highest BCUT2D eigenvalue weighted by Gasteiger charge is 2.25. The van der Waals surface area contributed by atoms with Crippen LogP contribution in [0.25, 0.3) is 10.9 Å². The highest BCUT2D eigenvalue weighted by atomic mass is 16.4. The van der Waals surface area contributed by atoms with Gasteiger partial charge in [-0.2, -0.15) is 0 Å². The monoisotopic (exact) mass is 257 g/mol. The number of carboxylic acid groups (broad SMARTS) is 1. The lowest BCUT2D eigenvalue weighted by Crippen LogP contribution is -2.41. The second-order valence-corrected chi connectivity index (χ2v) is 4.34. The number of pyridine rings is 1. The Morgan fingerprint density at radius 1 is 1.42 bits per heavy atom. The molecule has 1 amide bonds. The highest BCUT2D eigenvalue weighted by molar-refractivity contribution is 6.09. The highest BCUT2D eigenvalue weighted by Crippen LogP contribution is 2.35. The van der Waals surface area contributed by atoms with Crippen LogP contribution < -0.4 is 10.2 Å². The maximum Gasteiger partial charge on any atom is 0.323 e. The van der Waals surface area contributed by atoms with Crippen molar-refractivity contribution in [3.8, 4) is 0 Å². The molecule has 2 N–H and O–H groups in total. The second kappa shape index (κ2) is 4.24. The van der Waals surface area contributed by atoms with E-state index in [4.69, 9.17) is 5.11 Å². The van der Waals surface area contributed by atoms with Gasteiger partial charge < -0.3 is 15.3 Å². The van der Waals surface area contributed by atoms with Crippen LogP contribution in [0.4, 0.5) is 11.4 Å². The molecule has 6 heteroatoms. The Hall–Kier alpha value is -2.63. The number of amides is 1. The van der Waals surface area contributed by atoms with Crippen molar-refractivity contribution < 1.29 is 14.7 Å². The summed E-state index contributed by atoms with van der Waals surface area (Å²) in [5, 5.41) is 12.5. The number of carbonyl (C=O) groups excluding carboxylic acids is 1. The number of aromatic nitrogens is 1. The topological polar surface area (TPSA) is 82.5 Å². The van der Waals surface area contributed by atoms with Gasteiger partial charge in [0.25, 0.3) is 0 Å². The number of fused-ring (bicyclic) bond motifs is 3. The van der Waals surface area contributed by atoms with Crippen LogP contribution >= 0.6 is 0 Å². The van der Waals surface area contributed by atoms with Crippen LogP contribution in [-0.2, 0) is 9.59 Å². The van der Waals surface area contributed by atoms with Gasteiger partial charge in [-0.15, -0.1) is 0 Å². The fourth-order valence-electron chi connectivity index (χ4n) is 2.30. The molecule has 0 radical (unpaired) electrons. The van der Waals surface area contributed by atoms with Crippen LogP contribution in [0.5, 0.6) is 0 Å². The molecule has 3 rings (SSSR count). The first-order valence-electron chi connectivity index (χ1n) is 5.79. The molecule has 6 nitrogen and oxygen atoms in total. The molecule has 1 aliphatic heterocycles. The predicted octanol–water partition coefficient (Wildman–Crippen LogP) is 1.08. The van der Waals surface area contributed by atoms with Crippen molar-refractivity contribution in [2.24, 2.45) is 0 Å². The number of anilines is 2. The Kier molecular flexibility index (Phi) is 2.56. The third-order valence-electron chi connectivity index (χ3n) is 3.00. The molecule has 1 aromatic heterocycles. The lowest BCUT2D eigenvalue weighted by Gasteiger charge is -2.30. The third kappa shape index (κ3) is 1.97. The maximum atomic E-state index is 11.6. The molecule has 0 spiro atoms. The first-order valence-corrected chi connectivity index (χ1v) is 5.79. The van der Waals surface area contributed by atoms with Gasteiger partial charge in [-0.3, -0.25) is 14.6 Å². The zero-order chi connectivity index (χ0) is 13.4. The van der Waals surface area contributed by atoms with E-state index in [1.807, 2.05) is 24.3 Å². The normalized spacial score (nSPS) is 14.1.